The highest BCUT2D eigenvalue weighted by atomic mass is 15.2. The second-order valence-electron chi connectivity index (χ2n) is 6.53. The molecule has 1 fully saturated rings. The van der Waals surface area contributed by atoms with Gasteiger partial charge in [0.15, 0.2) is 0 Å². The van der Waals surface area contributed by atoms with Gasteiger partial charge in [0.1, 0.15) is 18.0 Å². The maximum Gasteiger partial charge on any atom is 0.134 e. The number of aryl methyl sites for hydroxylation is 1. The molecule has 0 aliphatic carbocycles. The summed E-state index contributed by atoms with van der Waals surface area (Å²) < 4.78 is 0. The number of aromatic nitrogens is 2. The van der Waals surface area contributed by atoms with E-state index in [1.807, 2.05) is 0 Å². The molecule has 1 N–H and O–H groups in total. The van der Waals surface area contributed by atoms with Crippen LogP contribution in [-0.4, -0.2) is 29.1 Å². The largest absolute Gasteiger partial charge is 0.370 e. The third-order valence-electron chi connectivity index (χ3n) is 4.84. The van der Waals surface area contributed by atoms with E-state index in [9.17, 15) is 0 Å². The Balaban J connectivity index is 1.53. The maximum absolute atomic E-state index is 4.51. The highest BCUT2D eigenvalue weighted by molar-refractivity contribution is 5.49. The molecule has 1 aliphatic rings. The van der Waals surface area contributed by atoms with Crippen LogP contribution in [0.15, 0.2) is 42.7 Å². The van der Waals surface area contributed by atoms with Crippen molar-refractivity contribution in [2.75, 3.05) is 23.3 Å². The summed E-state index contributed by atoms with van der Waals surface area (Å²) in [6.07, 6.45) is 8.95. The van der Waals surface area contributed by atoms with Crippen LogP contribution in [0.5, 0.6) is 0 Å². The van der Waals surface area contributed by atoms with Gasteiger partial charge in [-0.05, 0) is 44.1 Å². The number of rotatable bonds is 7. The Kier molecular flexibility index (Phi) is 6.05. The monoisotopic (exact) mass is 324 g/mol. The molecule has 1 atom stereocenters. The molecule has 3 rings (SSSR count). The van der Waals surface area contributed by atoms with E-state index in [0.717, 1.165) is 37.6 Å². The third kappa shape index (κ3) is 4.47. The van der Waals surface area contributed by atoms with Crippen molar-refractivity contribution in [1.29, 1.82) is 0 Å². The predicted molar refractivity (Wildman–Crippen MR) is 101 cm³/mol. The van der Waals surface area contributed by atoms with E-state index in [0.29, 0.717) is 6.04 Å². The van der Waals surface area contributed by atoms with Crippen molar-refractivity contribution in [2.24, 2.45) is 0 Å². The van der Waals surface area contributed by atoms with Crippen molar-refractivity contribution in [2.45, 2.75) is 51.5 Å². The van der Waals surface area contributed by atoms with Gasteiger partial charge in [0.05, 0.1) is 0 Å². The zero-order chi connectivity index (χ0) is 16.6. The van der Waals surface area contributed by atoms with Crippen molar-refractivity contribution in [1.82, 2.24) is 9.97 Å². The molecule has 0 amide bonds. The molecular formula is C20H28N4. The standard InChI is InChI=1S/C20H28N4/c1-2-18-12-6-7-14-24(18)20-15-19(22-16-23-20)21-13-8-11-17-9-4-3-5-10-17/h3-5,9-10,15-16,18H,2,6-8,11-14H2,1H3,(H,21,22,23). The number of piperidine rings is 1. The number of hydrogen-bond donors (Lipinski definition) is 1. The second kappa shape index (κ2) is 8.67. The SMILES string of the molecule is CCC1CCCCN1c1cc(NCCCc2ccccc2)ncn1. The van der Waals surface area contributed by atoms with Crippen LogP contribution in [0.4, 0.5) is 11.6 Å². The van der Waals surface area contributed by atoms with Crippen LogP contribution in [0, 0.1) is 0 Å². The van der Waals surface area contributed by atoms with Crippen LogP contribution in [0.1, 0.15) is 44.6 Å². The fraction of sp³-hybridized carbons (Fsp3) is 0.500. The first kappa shape index (κ1) is 16.7. The molecule has 2 heterocycles. The number of benzene rings is 1. The summed E-state index contributed by atoms with van der Waals surface area (Å²) in [6.45, 7) is 4.32. The molecule has 2 aromatic rings. The molecule has 1 aromatic heterocycles. The molecule has 1 saturated heterocycles. The maximum atomic E-state index is 4.51. The van der Waals surface area contributed by atoms with Gasteiger partial charge in [-0.25, -0.2) is 9.97 Å². The van der Waals surface area contributed by atoms with Gasteiger partial charge >= 0.3 is 0 Å². The minimum absolute atomic E-state index is 0.625. The van der Waals surface area contributed by atoms with Crippen LogP contribution in [-0.2, 0) is 6.42 Å². The molecule has 4 nitrogen and oxygen atoms in total. The summed E-state index contributed by atoms with van der Waals surface area (Å²) in [4.78, 5) is 11.4. The fourth-order valence-corrected chi connectivity index (χ4v) is 3.48. The summed E-state index contributed by atoms with van der Waals surface area (Å²) in [5.41, 5.74) is 1.39. The molecule has 0 saturated carbocycles. The normalized spacial score (nSPS) is 17.7. The Hall–Kier alpha value is -2.10. The van der Waals surface area contributed by atoms with Crippen molar-refractivity contribution >= 4 is 11.6 Å². The lowest BCUT2D eigenvalue weighted by molar-refractivity contribution is 0.446. The summed E-state index contributed by atoms with van der Waals surface area (Å²) >= 11 is 0. The number of nitrogens with zero attached hydrogens (tertiary/aromatic N) is 3. The quantitative estimate of drug-likeness (QED) is 0.771. The lowest BCUT2D eigenvalue weighted by Gasteiger charge is -2.36. The van der Waals surface area contributed by atoms with Crippen LogP contribution in [0.25, 0.3) is 0 Å². The highest BCUT2D eigenvalue weighted by Crippen LogP contribution is 2.25. The summed E-state index contributed by atoms with van der Waals surface area (Å²) in [7, 11) is 0. The first-order valence-corrected chi connectivity index (χ1v) is 9.23. The third-order valence-corrected chi connectivity index (χ3v) is 4.84. The molecule has 0 spiro atoms. The molecule has 1 aliphatic heterocycles. The molecule has 4 heteroatoms. The van der Waals surface area contributed by atoms with Gasteiger partial charge in [-0.1, -0.05) is 37.3 Å². The summed E-state index contributed by atoms with van der Waals surface area (Å²) in [6, 6.07) is 13.4. The van der Waals surface area contributed by atoms with E-state index in [1.54, 1.807) is 6.33 Å². The van der Waals surface area contributed by atoms with Crippen LogP contribution >= 0.6 is 0 Å². The number of nitrogens with one attached hydrogen (secondary N) is 1. The molecular weight excluding hydrogens is 296 g/mol. The first-order valence-electron chi connectivity index (χ1n) is 9.23. The minimum atomic E-state index is 0.625. The van der Waals surface area contributed by atoms with E-state index < -0.39 is 0 Å². The molecule has 1 unspecified atom stereocenters. The second-order valence-corrected chi connectivity index (χ2v) is 6.53. The van der Waals surface area contributed by atoms with Crippen molar-refractivity contribution in [3.8, 4) is 0 Å². The van der Waals surface area contributed by atoms with Crippen molar-refractivity contribution < 1.29 is 0 Å². The Morgan fingerprint density at radius 3 is 2.88 bits per heavy atom. The Labute approximate surface area is 145 Å². The van der Waals surface area contributed by atoms with E-state index in [4.69, 9.17) is 0 Å². The summed E-state index contributed by atoms with van der Waals surface area (Å²) in [5, 5.41) is 3.45. The average molecular weight is 324 g/mol. The number of hydrogen-bond acceptors (Lipinski definition) is 4. The van der Waals surface area contributed by atoms with Gasteiger partial charge in [0.25, 0.3) is 0 Å². The van der Waals surface area contributed by atoms with E-state index in [1.165, 1.54) is 31.2 Å². The Morgan fingerprint density at radius 1 is 1.17 bits per heavy atom. The van der Waals surface area contributed by atoms with Crippen LogP contribution in [0.2, 0.25) is 0 Å². The zero-order valence-corrected chi connectivity index (χ0v) is 14.6. The van der Waals surface area contributed by atoms with Gasteiger partial charge in [0.2, 0.25) is 0 Å². The molecule has 0 radical (unpaired) electrons. The lowest BCUT2D eigenvalue weighted by Crippen LogP contribution is -2.39. The van der Waals surface area contributed by atoms with Gasteiger partial charge < -0.3 is 10.2 Å². The predicted octanol–water partition coefficient (Wildman–Crippen LogP) is 4.29. The van der Waals surface area contributed by atoms with Crippen LogP contribution < -0.4 is 10.2 Å². The van der Waals surface area contributed by atoms with E-state index in [-0.39, 0.29) is 0 Å². The first-order chi connectivity index (χ1) is 11.9. The van der Waals surface area contributed by atoms with E-state index in [2.05, 4.69) is 63.5 Å². The van der Waals surface area contributed by atoms with Gasteiger partial charge in [-0.2, -0.15) is 0 Å². The number of anilines is 2. The minimum Gasteiger partial charge on any atom is -0.370 e. The van der Waals surface area contributed by atoms with Crippen molar-refractivity contribution in [3.63, 3.8) is 0 Å². The topological polar surface area (TPSA) is 41.0 Å². The lowest BCUT2D eigenvalue weighted by atomic mass is 10.0. The Bertz CT molecular complexity index is 614. The molecule has 24 heavy (non-hydrogen) atoms. The highest BCUT2D eigenvalue weighted by Gasteiger charge is 2.22. The zero-order valence-electron chi connectivity index (χ0n) is 14.6. The average Bonchev–Trinajstić information content (AvgIpc) is 2.66. The van der Waals surface area contributed by atoms with E-state index >= 15 is 0 Å². The molecule has 0 bridgehead atoms. The van der Waals surface area contributed by atoms with Crippen LogP contribution in [0.3, 0.4) is 0 Å². The Morgan fingerprint density at radius 2 is 2.04 bits per heavy atom. The van der Waals surface area contributed by atoms with Gasteiger partial charge in [-0.3, -0.25) is 0 Å². The summed E-state index contributed by atoms with van der Waals surface area (Å²) in [5.74, 6) is 2.01. The molecule has 1 aromatic carbocycles. The van der Waals surface area contributed by atoms with Crippen molar-refractivity contribution in [3.05, 3.63) is 48.3 Å². The van der Waals surface area contributed by atoms with Gasteiger partial charge in [0, 0.05) is 25.2 Å². The fourth-order valence-electron chi connectivity index (χ4n) is 3.48. The molecule has 128 valence electrons. The van der Waals surface area contributed by atoms with Gasteiger partial charge in [-0.15, -0.1) is 0 Å². The smallest absolute Gasteiger partial charge is 0.134 e.